The number of hydrogen-bond donors (Lipinski definition) is 0. The Morgan fingerprint density at radius 2 is 0.825 bits per heavy atom. The zero-order valence-electron chi connectivity index (χ0n) is 21.5. The van der Waals surface area contributed by atoms with E-state index in [-0.39, 0.29) is 0 Å². The fraction of sp³-hybridized carbons (Fsp3) is 0.0270. The quantitative estimate of drug-likeness (QED) is 0.218. The minimum absolute atomic E-state index is 0.607. The van der Waals surface area contributed by atoms with Gasteiger partial charge in [0.15, 0.2) is 0 Å². The minimum atomic E-state index is -0.607. The first kappa shape index (κ1) is 21.6. The van der Waals surface area contributed by atoms with Gasteiger partial charge >= 0.3 is 0 Å². The third-order valence-electron chi connectivity index (χ3n) is 8.52. The lowest BCUT2D eigenvalue weighted by atomic mass is 9.62. The highest BCUT2D eigenvalue weighted by Gasteiger charge is 2.50. The van der Waals surface area contributed by atoms with E-state index in [9.17, 15) is 0 Å². The van der Waals surface area contributed by atoms with Crippen molar-refractivity contribution in [2.45, 2.75) is 5.41 Å². The van der Waals surface area contributed by atoms with E-state index in [1.54, 1.807) is 0 Å². The molecule has 6 aromatic carbocycles. The number of hydrogen-bond acceptors (Lipinski definition) is 2. The van der Waals surface area contributed by atoms with Crippen molar-refractivity contribution in [3.8, 4) is 28.7 Å². The van der Waals surface area contributed by atoms with Crippen LogP contribution in [0.15, 0.2) is 140 Å². The maximum atomic E-state index is 6.63. The normalized spacial score (nSPS) is 14.1. The zero-order chi connectivity index (χ0) is 26.3. The SMILES string of the molecule is c1ccc2c(c1)Oc1ccccc1C21c2ccccc2Oc2ccc(-n3c4ccccc4c4ccccc43)cc21. The van der Waals surface area contributed by atoms with Crippen LogP contribution in [0.2, 0.25) is 0 Å². The molecule has 0 unspecified atom stereocenters. The van der Waals surface area contributed by atoms with Crippen LogP contribution in [0, 0.1) is 0 Å². The summed E-state index contributed by atoms with van der Waals surface area (Å²) >= 11 is 0. The molecular weight excluding hydrogens is 490 g/mol. The first-order chi connectivity index (χ1) is 19.8. The van der Waals surface area contributed by atoms with Crippen molar-refractivity contribution >= 4 is 21.8 Å². The van der Waals surface area contributed by atoms with Gasteiger partial charge in [-0.2, -0.15) is 0 Å². The van der Waals surface area contributed by atoms with E-state index in [4.69, 9.17) is 9.47 Å². The number of aromatic nitrogens is 1. The predicted octanol–water partition coefficient (Wildman–Crippen LogP) is 9.38. The van der Waals surface area contributed by atoms with E-state index in [2.05, 4.69) is 126 Å². The average Bonchev–Trinajstić information content (AvgIpc) is 3.35. The largest absolute Gasteiger partial charge is 0.457 e. The van der Waals surface area contributed by atoms with E-state index < -0.39 is 5.41 Å². The Bertz CT molecular complexity index is 1980. The van der Waals surface area contributed by atoms with Crippen molar-refractivity contribution in [3.05, 3.63) is 162 Å². The Morgan fingerprint density at radius 3 is 1.35 bits per heavy atom. The third kappa shape index (κ3) is 2.69. The van der Waals surface area contributed by atoms with Gasteiger partial charge < -0.3 is 14.0 Å². The monoisotopic (exact) mass is 513 g/mol. The summed E-state index contributed by atoms with van der Waals surface area (Å²) in [7, 11) is 0. The van der Waals surface area contributed by atoms with Crippen LogP contribution in [0.1, 0.15) is 22.3 Å². The highest BCUT2D eigenvalue weighted by Crippen LogP contribution is 2.61. The van der Waals surface area contributed by atoms with E-state index >= 15 is 0 Å². The second-order valence-electron chi connectivity index (χ2n) is 10.5. The molecule has 3 heteroatoms. The van der Waals surface area contributed by atoms with E-state index in [0.29, 0.717) is 0 Å². The second kappa shape index (κ2) is 7.87. The zero-order valence-corrected chi connectivity index (χ0v) is 21.5. The van der Waals surface area contributed by atoms with Crippen LogP contribution in [0.4, 0.5) is 0 Å². The molecule has 1 aromatic heterocycles. The summed E-state index contributed by atoms with van der Waals surface area (Å²) in [5.74, 6) is 3.46. The van der Waals surface area contributed by atoms with Crippen molar-refractivity contribution in [1.29, 1.82) is 0 Å². The molecule has 1 spiro atoms. The molecule has 7 aromatic rings. The summed E-state index contributed by atoms with van der Waals surface area (Å²) in [4.78, 5) is 0. The molecule has 9 rings (SSSR count). The van der Waals surface area contributed by atoms with Gasteiger partial charge in [-0.25, -0.2) is 0 Å². The van der Waals surface area contributed by atoms with Crippen molar-refractivity contribution < 1.29 is 9.47 Å². The van der Waals surface area contributed by atoms with Gasteiger partial charge in [0.25, 0.3) is 0 Å². The molecule has 0 radical (unpaired) electrons. The van der Waals surface area contributed by atoms with E-state index in [0.717, 1.165) is 50.9 Å². The number of ether oxygens (including phenoxy) is 2. The van der Waals surface area contributed by atoms with Gasteiger partial charge in [0.2, 0.25) is 0 Å². The molecule has 0 aliphatic carbocycles. The predicted molar refractivity (Wildman–Crippen MR) is 159 cm³/mol. The third-order valence-corrected chi connectivity index (χ3v) is 8.52. The van der Waals surface area contributed by atoms with Gasteiger partial charge in [0, 0.05) is 38.7 Å². The van der Waals surface area contributed by atoms with Crippen molar-refractivity contribution in [1.82, 2.24) is 4.57 Å². The summed E-state index contributed by atoms with van der Waals surface area (Å²) in [5, 5.41) is 2.49. The molecular formula is C37H23NO2. The van der Waals surface area contributed by atoms with Crippen LogP contribution in [0.25, 0.3) is 27.5 Å². The smallest absolute Gasteiger partial charge is 0.132 e. The first-order valence-electron chi connectivity index (χ1n) is 13.6. The molecule has 40 heavy (non-hydrogen) atoms. The molecule has 0 amide bonds. The van der Waals surface area contributed by atoms with Gasteiger partial charge in [-0.15, -0.1) is 0 Å². The standard InChI is InChI=1S/C37H23NO2/c1-6-16-31-25(11-1)26-12-2-7-17-32(26)38(31)24-21-22-36-30(23-24)37(29-15-5-10-20-35(29)40-36)27-13-3-8-18-33(27)39-34-19-9-4-14-28(34)37/h1-23H. The molecule has 3 nitrogen and oxygen atoms in total. The summed E-state index contributed by atoms with van der Waals surface area (Å²) in [6, 6.07) is 49.2. The van der Waals surface area contributed by atoms with Crippen LogP contribution in [-0.2, 0) is 5.41 Å². The lowest BCUT2D eigenvalue weighted by Gasteiger charge is -2.44. The number of nitrogens with zero attached hydrogens (tertiary/aromatic N) is 1. The Labute approximate surface area is 231 Å². The van der Waals surface area contributed by atoms with Crippen LogP contribution in [-0.4, -0.2) is 4.57 Å². The van der Waals surface area contributed by atoms with Gasteiger partial charge in [-0.1, -0.05) is 91.0 Å². The molecule has 0 saturated carbocycles. The van der Waals surface area contributed by atoms with E-state index in [1.165, 1.54) is 21.8 Å². The van der Waals surface area contributed by atoms with Gasteiger partial charge in [-0.3, -0.25) is 0 Å². The Morgan fingerprint density at radius 1 is 0.400 bits per heavy atom. The van der Waals surface area contributed by atoms with Gasteiger partial charge in [0.05, 0.1) is 16.4 Å². The fourth-order valence-corrected chi connectivity index (χ4v) is 6.94. The molecule has 0 N–H and O–H groups in total. The Kier molecular flexibility index (Phi) is 4.26. The van der Waals surface area contributed by atoms with Crippen LogP contribution < -0.4 is 9.47 Å². The topological polar surface area (TPSA) is 23.4 Å². The summed E-state index contributed by atoms with van der Waals surface area (Å²) < 4.78 is 15.5. The Hall–Kier alpha value is -5.28. The summed E-state index contributed by atoms with van der Waals surface area (Å²) in [6.07, 6.45) is 0. The van der Waals surface area contributed by atoms with E-state index in [1.807, 2.05) is 18.2 Å². The highest BCUT2D eigenvalue weighted by molar-refractivity contribution is 6.09. The van der Waals surface area contributed by atoms with Crippen LogP contribution >= 0.6 is 0 Å². The number of benzene rings is 6. The van der Waals surface area contributed by atoms with Crippen molar-refractivity contribution in [3.63, 3.8) is 0 Å². The number of para-hydroxylation sites is 5. The molecule has 3 heterocycles. The second-order valence-corrected chi connectivity index (χ2v) is 10.5. The fourth-order valence-electron chi connectivity index (χ4n) is 6.94. The lowest BCUT2D eigenvalue weighted by Crippen LogP contribution is -2.36. The Balaban J connectivity index is 1.43. The molecule has 0 bridgehead atoms. The first-order valence-corrected chi connectivity index (χ1v) is 13.6. The molecule has 0 saturated heterocycles. The van der Waals surface area contributed by atoms with Gasteiger partial charge in [0.1, 0.15) is 23.0 Å². The molecule has 2 aliphatic rings. The van der Waals surface area contributed by atoms with Crippen molar-refractivity contribution in [2.75, 3.05) is 0 Å². The molecule has 2 aliphatic heterocycles. The number of rotatable bonds is 1. The highest BCUT2D eigenvalue weighted by atomic mass is 16.5. The summed E-state index contributed by atoms with van der Waals surface area (Å²) in [6.45, 7) is 0. The average molecular weight is 514 g/mol. The molecule has 0 fully saturated rings. The molecule has 188 valence electrons. The maximum absolute atomic E-state index is 6.63. The van der Waals surface area contributed by atoms with Crippen LogP contribution in [0.3, 0.4) is 0 Å². The summed E-state index contributed by atoms with van der Waals surface area (Å²) in [5.41, 5.74) is 7.31. The van der Waals surface area contributed by atoms with Gasteiger partial charge in [-0.05, 0) is 48.5 Å². The maximum Gasteiger partial charge on any atom is 0.132 e. The lowest BCUT2D eigenvalue weighted by molar-refractivity contribution is 0.399. The van der Waals surface area contributed by atoms with Crippen molar-refractivity contribution in [2.24, 2.45) is 0 Å². The molecule has 0 atom stereocenters. The van der Waals surface area contributed by atoms with Crippen LogP contribution in [0.5, 0.6) is 23.0 Å². The minimum Gasteiger partial charge on any atom is -0.457 e. The number of fused-ring (bicyclic) bond motifs is 11.